The van der Waals surface area contributed by atoms with Crippen LogP contribution < -0.4 is 10.2 Å². The van der Waals surface area contributed by atoms with Gasteiger partial charge in [-0.1, -0.05) is 18.2 Å². The predicted octanol–water partition coefficient (Wildman–Crippen LogP) is 3.02. The Hall–Kier alpha value is -1.68. The first-order chi connectivity index (χ1) is 10.2. The topological polar surface area (TPSA) is 41.6 Å². The summed E-state index contributed by atoms with van der Waals surface area (Å²) in [6.07, 6.45) is 3.86. The van der Waals surface area contributed by atoms with Gasteiger partial charge in [0.15, 0.2) is 0 Å². The van der Waals surface area contributed by atoms with Crippen molar-refractivity contribution in [2.24, 2.45) is 0 Å². The van der Waals surface area contributed by atoms with Gasteiger partial charge in [-0.25, -0.2) is 4.79 Å². The van der Waals surface area contributed by atoms with Crippen LogP contribution in [0.4, 0.5) is 5.69 Å². The third kappa shape index (κ3) is 3.07. The molecule has 0 aromatic heterocycles. The van der Waals surface area contributed by atoms with Crippen LogP contribution in [-0.2, 0) is 16.0 Å². The van der Waals surface area contributed by atoms with Crippen LogP contribution in [0.5, 0.6) is 0 Å². The van der Waals surface area contributed by atoms with Crippen LogP contribution in [0.1, 0.15) is 31.7 Å². The van der Waals surface area contributed by atoms with E-state index in [1.165, 1.54) is 16.8 Å². The van der Waals surface area contributed by atoms with E-state index in [9.17, 15) is 4.79 Å². The Kier molecular flexibility index (Phi) is 5.35. The number of fused-ring (bicyclic) bond motifs is 1. The van der Waals surface area contributed by atoms with Gasteiger partial charge in [0, 0.05) is 12.7 Å². The normalized spacial score (nSPS) is 20.1. The van der Waals surface area contributed by atoms with Gasteiger partial charge in [-0.2, -0.15) is 0 Å². The van der Waals surface area contributed by atoms with Crippen LogP contribution in [0.2, 0.25) is 0 Å². The molecule has 0 fully saturated rings. The number of hydrogen-bond donors (Lipinski definition) is 1. The van der Waals surface area contributed by atoms with E-state index in [0.717, 1.165) is 31.5 Å². The van der Waals surface area contributed by atoms with Crippen molar-refractivity contribution in [1.29, 1.82) is 0 Å². The van der Waals surface area contributed by atoms with E-state index < -0.39 is 0 Å². The van der Waals surface area contributed by atoms with E-state index in [1.807, 2.05) is 6.92 Å². The molecule has 3 rings (SSSR count). The molecule has 0 spiro atoms. The summed E-state index contributed by atoms with van der Waals surface area (Å²) in [6, 6.07) is 8.23. The Morgan fingerprint density at radius 3 is 2.95 bits per heavy atom. The summed E-state index contributed by atoms with van der Waals surface area (Å²) in [6.45, 7) is 2.28. The number of esters is 1. The van der Waals surface area contributed by atoms with Crippen LogP contribution in [0.25, 0.3) is 0 Å². The van der Waals surface area contributed by atoms with Gasteiger partial charge < -0.3 is 15.0 Å². The third-order valence-corrected chi connectivity index (χ3v) is 4.28. The fraction of sp³-hybridized carbons (Fsp3) is 0.471. The van der Waals surface area contributed by atoms with Crippen molar-refractivity contribution in [1.82, 2.24) is 5.32 Å². The summed E-state index contributed by atoms with van der Waals surface area (Å²) < 4.78 is 5.18. The maximum atomic E-state index is 12.1. The molecule has 1 aromatic carbocycles. The van der Waals surface area contributed by atoms with E-state index in [-0.39, 0.29) is 24.4 Å². The molecule has 0 saturated carbocycles. The number of rotatable bonds is 2. The maximum absolute atomic E-state index is 12.1. The minimum absolute atomic E-state index is 0. The second-order valence-electron chi connectivity index (χ2n) is 5.66. The Morgan fingerprint density at radius 1 is 1.41 bits per heavy atom. The van der Waals surface area contributed by atoms with Gasteiger partial charge in [-0.3, -0.25) is 0 Å². The molecule has 0 aliphatic carbocycles. The molecule has 0 radical (unpaired) electrons. The number of hydrogen-bond acceptors (Lipinski definition) is 4. The average molecular weight is 323 g/mol. The molecule has 0 saturated heterocycles. The molecule has 0 amide bonds. The lowest BCUT2D eigenvalue weighted by atomic mass is 9.95. The molecule has 1 atom stereocenters. The van der Waals surface area contributed by atoms with E-state index in [0.29, 0.717) is 6.61 Å². The number of para-hydroxylation sites is 1. The minimum atomic E-state index is -0.231. The first kappa shape index (κ1) is 16.7. The van der Waals surface area contributed by atoms with Crippen molar-refractivity contribution in [2.45, 2.75) is 38.6 Å². The number of halogens is 1. The van der Waals surface area contributed by atoms with Crippen molar-refractivity contribution in [3.8, 4) is 0 Å². The molecule has 5 heteroatoms. The monoisotopic (exact) mass is 322 g/mol. The molecule has 120 valence electrons. The zero-order valence-electron chi connectivity index (χ0n) is 13.1. The van der Waals surface area contributed by atoms with Crippen molar-refractivity contribution < 1.29 is 9.53 Å². The molecule has 2 aliphatic rings. The standard InChI is InChI=1S/C17H22N2O2.ClH/c1-3-21-17(20)14-9-6-8-13-11-12-7-4-5-10-15(12)19(2)16(13)18-14;/h4-5,7,10,14,18H,3,6,8-9,11H2,1-2H3;1H. The highest BCUT2D eigenvalue weighted by atomic mass is 35.5. The van der Waals surface area contributed by atoms with Crippen LogP contribution in [0.15, 0.2) is 35.7 Å². The smallest absolute Gasteiger partial charge is 0.328 e. The first-order valence-corrected chi connectivity index (χ1v) is 7.67. The molecule has 4 nitrogen and oxygen atoms in total. The highest BCUT2D eigenvalue weighted by molar-refractivity contribution is 5.85. The van der Waals surface area contributed by atoms with Crippen LogP contribution in [-0.4, -0.2) is 25.7 Å². The number of anilines is 1. The Balaban J connectivity index is 0.00000176. The van der Waals surface area contributed by atoms with Gasteiger partial charge in [0.25, 0.3) is 0 Å². The van der Waals surface area contributed by atoms with Crippen molar-refractivity contribution in [3.05, 3.63) is 41.2 Å². The second-order valence-corrected chi connectivity index (χ2v) is 5.66. The minimum Gasteiger partial charge on any atom is -0.464 e. The highest BCUT2D eigenvalue weighted by Gasteiger charge is 2.29. The summed E-state index contributed by atoms with van der Waals surface area (Å²) in [5.41, 5.74) is 3.96. The molecule has 1 unspecified atom stereocenters. The SMILES string of the molecule is CCOC(=O)C1CCCC2=C(N1)N(C)c1ccccc1C2.Cl. The van der Waals surface area contributed by atoms with Gasteiger partial charge in [0.1, 0.15) is 11.9 Å². The fourth-order valence-corrected chi connectivity index (χ4v) is 3.24. The molecular formula is C17H23ClN2O2. The Morgan fingerprint density at radius 2 is 2.18 bits per heavy atom. The van der Waals surface area contributed by atoms with Crippen molar-refractivity contribution in [3.63, 3.8) is 0 Å². The lowest BCUT2D eigenvalue weighted by molar-refractivity contribution is -0.145. The number of carbonyl (C=O) groups is 1. The first-order valence-electron chi connectivity index (χ1n) is 7.67. The predicted molar refractivity (Wildman–Crippen MR) is 90.2 cm³/mol. The van der Waals surface area contributed by atoms with Gasteiger partial charge in [-0.15, -0.1) is 12.4 Å². The van der Waals surface area contributed by atoms with Crippen LogP contribution in [0.3, 0.4) is 0 Å². The molecule has 1 N–H and O–H groups in total. The third-order valence-electron chi connectivity index (χ3n) is 4.28. The molecule has 2 aliphatic heterocycles. The number of nitrogens with zero attached hydrogens (tertiary/aromatic N) is 1. The number of ether oxygens (including phenoxy) is 1. The number of allylic oxidation sites excluding steroid dienone is 1. The highest BCUT2D eigenvalue weighted by Crippen LogP contribution is 2.34. The lowest BCUT2D eigenvalue weighted by Gasteiger charge is -2.33. The van der Waals surface area contributed by atoms with E-state index in [2.05, 4.69) is 41.5 Å². The summed E-state index contributed by atoms with van der Waals surface area (Å²) in [7, 11) is 2.06. The molecular weight excluding hydrogens is 300 g/mol. The fourth-order valence-electron chi connectivity index (χ4n) is 3.24. The number of nitrogens with one attached hydrogen (secondary N) is 1. The van der Waals surface area contributed by atoms with Gasteiger partial charge >= 0.3 is 5.97 Å². The van der Waals surface area contributed by atoms with E-state index in [1.54, 1.807) is 0 Å². The van der Waals surface area contributed by atoms with Gasteiger partial charge in [0.05, 0.1) is 6.61 Å². The Labute approximate surface area is 137 Å². The number of benzene rings is 1. The summed E-state index contributed by atoms with van der Waals surface area (Å²) in [5, 5.41) is 3.42. The van der Waals surface area contributed by atoms with Crippen LogP contribution in [0, 0.1) is 0 Å². The molecule has 1 aromatic rings. The zero-order valence-corrected chi connectivity index (χ0v) is 13.9. The Bertz CT molecular complexity index is 586. The average Bonchev–Trinajstić information content (AvgIpc) is 2.70. The summed E-state index contributed by atoms with van der Waals surface area (Å²) >= 11 is 0. The quantitative estimate of drug-likeness (QED) is 0.850. The zero-order chi connectivity index (χ0) is 14.8. The van der Waals surface area contributed by atoms with Gasteiger partial charge in [0.2, 0.25) is 0 Å². The van der Waals surface area contributed by atoms with Crippen molar-refractivity contribution >= 4 is 24.1 Å². The molecule has 0 bridgehead atoms. The van der Waals surface area contributed by atoms with Crippen molar-refractivity contribution in [2.75, 3.05) is 18.6 Å². The molecule has 22 heavy (non-hydrogen) atoms. The second kappa shape index (κ2) is 7.05. The molecule has 2 heterocycles. The lowest BCUT2D eigenvalue weighted by Crippen LogP contribution is -2.42. The summed E-state index contributed by atoms with van der Waals surface area (Å²) in [5.74, 6) is 0.947. The van der Waals surface area contributed by atoms with E-state index >= 15 is 0 Å². The maximum Gasteiger partial charge on any atom is 0.328 e. The number of carbonyl (C=O) groups excluding carboxylic acids is 1. The van der Waals surface area contributed by atoms with Gasteiger partial charge in [-0.05, 0) is 49.8 Å². The summed E-state index contributed by atoms with van der Waals surface area (Å²) in [4.78, 5) is 14.2. The van der Waals surface area contributed by atoms with E-state index in [4.69, 9.17) is 4.74 Å². The van der Waals surface area contributed by atoms with Crippen LogP contribution >= 0.6 is 12.4 Å². The largest absolute Gasteiger partial charge is 0.464 e.